The van der Waals surface area contributed by atoms with Crippen molar-refractivity contribution in [2.24, 2.45) is 0 Å². The Hall–Kier alpha value is -0.670. The van der Waals surface area contributed by atoms with E-state index in [0.717, 1.165) is 15.6 Å². The Morgan fingerprint density at radius 1 is 1.38 bits per heavy atom. The van der Waals surface area contributed by atoms with Crippen molar-refractivity contribution in [3.05, 3.63) is 11.4 Å². The molecule has 0 spiro atoms. The molecule has 4 N–H and O–H groups in total. The van der Waals surface area contributed by atoms with Crippen LogP contribution in [0.15, 0.2) is 15.7 Å². The lowest BCUT2D eigenvalue weighted by Gasteiger charge is -2.13. The van der Waals surface area contributed by atoms with Gasteiger partial charge in [0.05, 0.1) is 12.2 Å². The number of nitrogens with zero attached hydrogens (tertiary/aromatic N) is 1. The summed E-state index contributed by atoms with van der Waals surface area (Å²) in [5.41, 5.74) is 5.85. The van der Waals surface area contributed by atoms with Crippen LogP contribution in [0, 0.1) is 0 Å². The van der Waals surface area contributed by atoms with Gasteiger partial charge in [-0.1, -0.05) is 0 Å². The molecule has 16 heavy (non-hydrogen) atoms. The molecule has 0 radical (unpaired) electrons. The SMILES string of the molecule is Nc1csc(S(=O)(=O)N2CC(O)C(O)C2)c1. The predicted octanol–water partition coefficient (Wildman–Crippen LogP) is -0.944. The number of aliphatic hydroxyl groups excluding tert-OH is 2. The minimum absolute atomic E-state index is 0.0820. The topological polar surface area (TPSA) is 104 Å². The van der Waals surface area contributed by atoms with E-state index >= 15 is 0 Å². The Balaban J connectivity index is 2.27. The molecule has 8 heteroatoms. The van der Waals surface area contributed by atoms with Crippen LogP contribution in [0.5, 0.6) is 0 Å². The molecule has 2 heterocycles. The molecule has 2 rings (SSSR count). The molecule has 1 aliphatic rings. The Kier molecular flexibility index (Phi) is 2.93. The number of thiophene rings is 1. The number of sulfonamides is 1. The van der Waals surface area contributed by atoms with E-state index in [0.29, 0.717) is 5.69 Å². The molecular weight excluding hydrogens is 252 g/mol. The van der Waals surface area contributed by atoms with E-state index in [2.05, 4.69) is 0 Å². The Morgan fingerprint density at radius 3 is 2.38 bits per heavy atom. The van der Waals surface area contributed by atoms with Gasteiger partial charge in [-0.2, -0.15) is 4.31 Å². The van der Waals surface area contributed by atoms with Gasteiger partial charge in [-0.05, 0) is 6.07 Å². The second-order valence-electron chi connectivity index (χ2n) is 3.66. The first-order chi connectivity index (χ1) is 7.41. The summed E-state index contributed by atoms with van der Waals surface area (Å²) < 4.78 is 25.2. The Labute approximate surface area is 97.0 Å². The van der Waals surface area contributed by atoms with Crippen LogP contribution in [0.2, 0.25) is 0 Å². The van der Waals surface area contributed by atoms with Gasteiger partial charge in [0.15, 0.2) is 0 Å². The molecule has 2 atom stereocenters. The van der Waals surface area contributed by atoms with Gasteiger partial charge in [0, 0.05) is 24.2 Å². The average molecular weight is 264 g/mol. The summed E-state index contributed by atoms with van der Waals surface area (Å²) in [6.07, 6.45) is -2.04. The molecule has 0 aromatic carbocycles. The van der Waals surface area contributed by atoms with Crippen LogP contribution in [0.3, 0.4) is 0 Å². The second-order valence-corrected chi connectivity index (χ2v) is 6.73. The van der Waals surface area contributed by atoms with Crippen molar-refractivity contribution in [3.63, 3.8) is 0 Å². The van der Waals surface area contributed by atoms with E-state index in [1.807, 2.05) is 0 Å². The van der Waals surface area contributed by atoms with Gasteiger partial charge >= 0.3 is 0 Å². The fourth-order valence-electron chi connectivity index (χ4n) is 1.52. The lowest BCUT2D eigenvalue weighted by molar-refractivity contribution is 0.0572. The van der Waals surface area contributed by atoms with Crippen LogP contribution in [-0.2, 0) is 10.0 Å². The molecule has 0 aliphatic carbocycles. The third kappa shape index (κ3) is 1.94. The highest BCUT2D eigenvalue weighted by molar-refractivity contribution is 7.91. The van der Waals surface area contributed by atoms with Crippen molar-refractivity contribution in [1.29, 1.82) is 0 Å². The third-order valence-corrected chi connectivity index (χ3v) is 5.68. The zero-order chi connectivity index (χ0) is 11.9. The van der Waals surface area contributed by atoms with Gasteiger partial charge in [0.1, 0.15) is 4.21 Å². The van der Waals surface area contributed by atoms with Crippen molar-refractivity contribution in [3.8, 4) is 0 Å². The molecule has 90 valence electrons. The molecule has 0 bridgehead atoms. The number of anilines is 1. The first kappa shape index (κ1) is 11.8. The Morgan fingerprint density at radius 2 is 1.94 bits per heavy atom. The van der Waals surface area contributed by atoms with Gasteiger partial charge in [-0.25, -0.2) is 8.42 Å². The number of β-amino-alcohol motifs (C(OH)–C–C–N with tert-alkyl or cyclic N) is 2. The number of rotatable bonds is 2. The van der Waals surface area contributed by atoms with Crippen LogP contribution >= 0.6 is 11.3 Å². The van der Waals surface area contributed by atoms with E-state index in [-0.39, 0.29) is 17.3 Å². The number of nitrogens with two attached hydrogens (primary N) is 1. The van der Waals surface area contributed by atoms with E-state index in [1.165, 1.54) is 11.4 Å². The highest BCUT2D eigenvalue weighted by atomic mass is 32.2. The minimum atomic E-state index is -3.63. The first-order valence-corrected chi connectivity index (χ1v) is 6.93. The van der Waals surface area contributed by atoms with E-state index in [9.17, 15) is 18.6 Å². The van der Waals surface area contributed by atoms with E-state index in [1.54, 1.807) is 0 Å². The number of hydrogen-bond donors (Lipinski definition) is 3. The van der Waals surface area contributed by atoms with Crippen molar-refractivity contribution in [2.45, 2.75) is 16.4 Å². The van der Waals surface area contributed by atoms with Crippen LogP contribution in [-0.4, -0.2) is 48.2 Å². The normalized spacial score (nSPS) is 27.4. The highest BCUT2D eigenvalue weighted by Gasteiger charge is 2.38. The van der Waals surface area contributed by atoms with E-state index in [4.69, 9.17) is 5.73 Å². The van der Waals surface area contributed by atoms with Gasteiger partial charge in [0.25, 0.3) is 10.0 Å². The summed E-state index contributed by atoms with van der Waals surface area (Å²) >= 11 is 1.03. The number of hydrogen-bond acceptors (Lipinski definition) is 6. The summed E-state index contributed by atoms with van der Waals surface area (Å²) in [5.74, 6) is 0. The van der Waals surface area contributed by atoms with Crippen LogP contribution in [0.25, 0.3) is 0 Å². The lowest BCUT2D eigenvalue weighted by Crippen LogP contribution is -2.29. The molecule has 0 amide bonds. The number of aliphatic hydroxyl groups is 2. The maximum absolute atomic E-state index is 12.0. The van der Waals surface area contributed by atoms with Gasteiger partial charge < -0.3 is 15.9 Å². The van der Waals surface area contributed by atoms with Crippen LogP contribution in [0.1, 0.15) is 0 Å². The molecule has 1 fully saturated rings. The molecule has 1 aromatic heterocycles. The fourth-order valence-corrected chi connectivity index (χ4v) is 4.23. The molecule has 0 saturated carbocycles. The van der Waals surface area contributed by atoms with Crippen LogP contribution < -0.4 is 5.73 Å². The average Bonchev–Trinajstić information content (AvgIpc) is 2.75. The minimum Gasteiger partial charge on any atom is -0.398 e. The maximum atomic E-state index is 12.0. The van der Waals surface area contributed by atoms with Crippen molar-refractivity contribution in [1.82, 2.24) is 4.31 Å². The smallest absolute Gasteiger partial charge is 0.252 e. The predicted molar refractivity (Wildman–Crippen MR) is 59.5 cm³/mol. The molecule has 6 nitrogen and oxygen atoms in total. The summed E-state index contributed by atoms with van der Waals surface area (Å²) in [4.78, 5) is 0. The molecule has 1 aromatic rings. The molecule has 1 aliphatic heterocycles. The standard InChI is InChI=1S/C8H12N2O4S2/c9-5-1-8(15-4-5)16(13,14)10-2-6(11)7(12)3-10/h1,4,6-7,11-12H,2-3,9H2. The zero-order valence-corrected chi connectivity index (χ0v) is 9.91. The van der Waals surface area contributed by atoms with Crippen LogP contribution in [0.4, 0.5) is 5.69 Å². The quantitative estimate of drug-likeness (QED) is 0.639. The summed E-state index contributed by atoms with van der Waals surface area (Å²) in [6.45, 7) is -0.164. The largest absolute Gasteiger partial charge is 0.398 e. The molecular formula is C8H12N2O4S2. The van der Waals surface area contributed by atoms with Crippen molar-refractivity contribution >= 4 is 27.0 Å². The maximum Gasteiger partial charge on any atom is 0.252 e. The summed E-state index contributed by atoms with van der Waals surface area (Å²) in [7, 11) is -3.63. The molecule has 2 unspecified atom stereocenters. The zero-order valence-electron chi connectivity index (χ0n) is 8.28. The van der Waals surface area contributed by atoms with Crippen molar-refractivity contribution in [2.75, 3.05) is 18.8 Å². The second kappa shape index (κ2) is 3.97. The monoisotopic (exact) mass is 264 g/mol. The summed E-state index contributed by atoms with van der Waals surface area (Å²) in [6, 6.07) is 1.37. The van der Waals surface area contributed by atoms with Crippen molar-refractivity contribution < 1.29 is 18.6 Å². The van der Waals surface area contributed by atoms with Gasteiger partial charge in [-0.15, -0.1) is 11.3 Å². The van der Waals surface area contributed by atoms with Gasteiger partial charge in [-0.3, -0.25) is 0 Å². The summed E-state index contributed by atoms with van der Waals surface area (Å²) in [5, 5.41) is 20.1. The first-order valence-electron chi connectivity index (χ1n) is 4.61. The van der Waals surface area contributed by atoms with E-state index < -0.39 is 22.2 Å². The fraction of sp³-hybridized carbons (Fsp3) is 0.500. The van der Waals surface area contributed by atoms with Gasteiger partial charge in [0.2, 0.25) is 0 Å². The third-order valence-electron chi connectivity index (χ3n) is 2.42. The lowest BCUT2D eigenvalue weighted by atomic mass is 10.3. The highest BCUT2D eigenvalue weighted by Crippen LogP contribution is 2.27. The Bertz CT molecular complexity index is 474. The molecule has 1 saturated heterocycles. The number of nitrogen functional groups attached to an aromatic ring is 1.